The van der Waals surface area contributed by atoms with Gasteiger partial charge in [-0.25, -0.2) is 14.8 Å². The summed E-state index contributed by atoms with van der Waals surface area (Å²) in [6.07, 6.45) is -3.78. The number of rotatable bonds is 3. The van der Waals surface area contributed by atoms with Gasteiger partial charge in [0.1, 0.15) is 11.5 Å². The fourth-order valence-corrected chi connectivity index (χ4v) is 1.89. The highest BCUT2D eigenvalue weighted by Gasteiger charge is 2.30. The Bertz CT molecular complexity index is 668. The number of aromatic nitrogens is 1. The molecule has 2 rings (SSSR count). The molecule has 0 fully saturated rings. The molecule has 4 nitrogen and oxygen atoms in total. The average molecular weight is 317 g/mol. The third-order valence-corrected chi connectivity index (χ3v) is 2.94. The molecule has 1 aromatic carbocycles. The minimum atomic E-state index is -4.58. The maximum Gasteiger partial charge on any atom is 0.416 e. The van der Waals surface area contributed by atoms with Crippen LogP contribution in [0.2, 0.25) is 0 Å². The topological polar surface area (TPSA) is 54.4 Å². The van der Waals surface area contributed by atoms with Gasteiger partial charge in [-0.2, -0.15) is 18.3 Å². The summed E-state index contributed by atoms with van der Waals surface area (Å²) in [7, 11) is 0. The molecule has 0 saturated heterocycles. The van der Waals surface area contributed by atoms with Gasteiger partial charge in [0.2, 0.25) is 0 Å². The molecule has 1 heterocycles. The lowest BCUT2D eigenvalue weighted by molar-refractivity contribution is -0.137. The predicted molar refractivity (Wildman–Crippen MR) is 68.6 cm³/mol. The third kappa shape index (κ3) is 3.85. The molecule has 1 aromatic heterocycles. The van der Waals surface area contributed by atoms with Crippen LogP contribution in [0.25, 0.3) is 0 Å². The van der Waals surface area contributed by atoms with Crippen LogP contribution in [0.3, 0.4) is 0 Å². The summed E-state index contributed by atoms with van der Waals surface area (Å²) in [5.74, 6) is -1.52. The van der Waals surface area contributed by atoms with Crippen molar-refractivity contribution in [1.82, 2.24) is 10.4 Å². The summed E-state index contributed by atoms with van der Waals surface area (Å²) in [5.41, 5.74) is 2.20. The van der Waals surface area contributed by atoms with Gasteiger partial charge in [0, 0.05) is 10.9 Å². The van der Waals surface area contributed by atoms with Gasteiger partial charge in [0.25, 0.3) is 5.91 Å². The molecule has 9 heteroatoms. The first-order valence-corrected chi connectivity index (χ1v) is 6.40. The number of hydrogen-bond acceptors (Lipinski definition) is 4. The number of nitrogens with zero attached hydrogens (tertiary/aromatic N) is 2. The summed E-state index contributed by atoms with van der Waals surface area (Å²) in [6.45, 7) is 0. The Hall–Kier alpha value is -2.29. The van der Waals surface area contributed by atoms with Gasteiger partial charge in [-0.15, -0.1) is 11.3 Å². The van der Waals surface area contributed by atoms with Crippen LogP contribution in [-0.4, -0.2) is 17.1 Å². The van der Waals surface area contributed by atoms with Gasteiger partial charge in [0.05, 0.1) is 17.3 Å². The van der Waals surface area contributed by atoms with Crippen molar-refractivity contribution < 1.29 is 22.4 Å². The number of amides is 1. The Labute approximate surface area is 120 Å². The van der Waals surface area contributed by atoms with Crippen LogP contribution in [0.1, 0.15) is 21.6 Å². The van der Waals surface area contributed by atoms with Gasteiger partial charge in [0.15, 0.2) is 0 Å². The van der Waals surface area contributed by atoms with Crippen LogP contribution < -0.4 is 5.43 Å². The van der Waals surface area contributed by atoms with Crippen molar-refractivity contribution in [3.63, 3.8) is 0 Å². The predicted octanol–water partition coefficient (Wildman–Crippen LogP) is 3.06. The number of nitrogens with one attached hydrogen (secondary N) is 1. The van der Waals surface area contributed by atoms with E-state index < -0.39 is 23.5 Å². The van der Waals surface area contributed by atoms with E-state index in [0.717, 1.165) is 6.21 Å². The summed E-state index contributed by atoms with van der Waals surface area (Å²) in [5, 5.41) is 4.88. The molecule has 0 aliphatic rings. The third-order valence-electron chi connectivity index (χ3n) is 2.36. The number of carbonyl (C=O) groups excluding carboxylic acids is 1. The van der Waals surface area contributed by atoms with Gasteiger partial charge >= 0.3 is 6.18 Å². The quantitative estimate of drug-likeness (QED) is 0.537. The van der Waals surface area contributed by atoms with Gasteiger partial charge in [-0.1, -0.05) is 0 Å². The van der Waals surface area contributed by atoms with Crippen LogP contribution >= 0.6 is 11.3 Å². The van der Waals surface area contributed by atoms with Crippen LogP contribution in [0.4, 0.5) is 17.6 Å². The number of thiazole rings is 1. The standard InChI is InChI=1S/C12H7F4N3OS/c13-9-2-1-8(12(14,15)16)3-7(9)4-18-19-11(20)10-5-21-6-17-10/h1-6H,(H,19,20). The summed E-state index contributed by atoms with van der Waals surface area (Å²) in [4.78, 5) is 15.2. The number of carbonyl (C=O) groups is 1. The van der Waals surface area contributed by atoms with E-state index in [1.54, 1.807) is 0 Å². The first kappa shape index (κ1) is 15.1. The molecule has 21 heavy (non-hydrogen) atoms. The molecule has 1 N–H and O–H groups in total. The lowest BCUT2D eigenvalue weighted by atomic mass is 10.1. The van der Waals surface area contributed by atoms with E-state index in [2.05, 4.69) is 10.1 Å². The normalized spacial score (nSPS) is 11.8. The Morgan fingerprint density at radius 3 is 2.76 bits per heavy atom. The van der Waals surface area contributed by atoms with Crippen molar-refractivity contribution in [3.8, 4) is 0 Å². The molecular weight excluding hydrogens is 310 g/mol. The number of halogens is 4. The molecule has 0 aliphatic heterocycles. The van der Waals surface area contributed by atoms with E-state index in [0.29, 0.717) is 18.2 Å². The molecule has 0 atom stereocenters. The largest absolute Gasteiger partial charge is 0.416 e. The van der Waals surface area contributed by atoms with Crippen molar-refractivity contribution in [3.05, 3.63) is 51.7 Å². The summed E-state index contributed by atoms with van der Waals surface area (Å²) >= 11 is 1.20. The number of hydrazone groups is 1. The molecule has 0 aliphatic carbocycles. The van der Waals surface area contributed by atoms with E-state index in [1.165, 1.54) is 22.2 Å². The Balaban J connectivity index is 2.12. The van der Waals surface area contributed by atoms with Crippen LogP contribution in [0, 0.1) is 5.82 Å². The number of benzene rings is 1. The van der Waals surface area contributed by atoms with Crippen molar-refractivity contribution in [2.75, 3.05) is 0 Å². The molecule has 0 spiro atoms. The van der Waals surface area contributed by atoms with Crippen LogP contribution in [-0.2, 0) is 6.18 Å². The Morgan fingerprint density at radius 1 is 1.38 bits per heavy atom. The van der Waals surface area contributed by atoms with Gasteiger partial charge < -0.3 is 0 Å². The molecular formula is C12H7F4N3OS. The zero-order valence-electron chi connectivity index (χ0n) is 10.2. The fraction of sp³-hybridized carbons (Fsp3) is 0.0833. The van der Waals surface area contributed by atoms with Crippen molar-refractivity contribution in [2.45, 2.75) is 6.18 Å². The van der Waals surface area contributed by atoms with Crippen molar-refractivity contribution >= 4 is 23.5 Å². The zero-order chi connectivity index (χ0) is 15.5. The van der Waals surface area contributed by atoms with E-state index in [4.69, 9.17) is 0 Å². The molecule has 110 valence electrons. The monoisotopic (exact) mass is 317 g/mol. The second-order valence-corrected chi connectivity index (χ2v) is 4.53. The van der Waals surface area contributed by atoms with Crippen molar-refractivity contribution in [2.24, 2.45) is 5.10 Å². The minimum absolute atomic E-state index is 0.113. The van der Waals surface area contributed by atoms with Crippen LogP contribution in [0.15, 0.2) is 34.2 Å². The maximum atomic E-state index is 13.4. The molecule has 0 bridgehead atoms. The molecule has 0 unspecified atom stereocenters. The highest BCUT2D eigenvalue weighted by Crippen LogP contribution is 2.29. The molecule has 2 aromatic rings. The Kier molecular flexibility index (Phi) is 4.32. The average Bonchev–Trinajstić information content (AvgIpc) is 2.93. The minimum Gasteiger partial charge on any atom is -0.266 e. The lowest BCUT2D eigenvalue weighted by Gasteiger charge is -2.07. The molecule has 0 radical (unpaired) electrons. The van der Waals surface area contributed by atoms with Gasteiger partial charge in [-0.3, -0.25) is 4.79 Å². The lowest BCUT2D eigenvalue weighted by Crippen LogP contribution is -2.18. The molecule has 0 saturated carbocycles. The fourth-order valence-electron chi connectivity index (χ4n) is 1.36. The maximum absolute atomic E-state index is 13.4. The van der Waals surface area contributed by atoms with E-state index >= 15 is 0 Å². The second kappa shape index (κ2) is 6.00. The number of hydrogen-bond donors (Lipinski definition) is 1. The summed E-state index contributed by atoms with van der Waals surface area (Å²) in [6, 6.07) is 1.92. The highest BCUT2D eigenvalue weighted by molar-refractivity contribution is 7.07. The van der Waals surface area contributed by atoms with E-state index in [-0.39, 0.29) is 11.3 Å². The van der Waals surface area contributed by atoms with Crippen LogP contribution in [0.5, 0.6) is 0 Å². The Morgan fingerprint density at radius 2 is 2.14 bits per heavy atom. The van der Waals surface area contributed by atoms with E-state index in [1.807, 2.05) is 5.43 Å². The highest BCUT2D eigenvalue weighted by atomic mass is 32.1. The first-order valence-electron chi connectivity index (χ1n) is 5.46. The molecule has 1 amide bonds. The first-order chi connectivity index (χ1) is 9.88. The van der Waals surface area contributed by atoms with Crippen molar-refractivity contribution in [1.29, 1.82) is 0 Å². The summed E-state index contributed by atoms with van der Waals surface area (Å²) < 4.78 is 50.8. The SMILES string of the molecule is O=C(NN=Cc1cc(C(F)(F)F)ccc1F)c1cscn1. The second-order valence-electron chi connectivity index (χ2n) is 3.81. The number of alkyl halides is 3. The zero-order valence-corrected chi connectivity index (χ0v) is 11.0. The smallest absolute Gasteiger partial charge is 0.266 e. The van der Waals surface area contributed by atoms with Gasteiger partial charge in [-0.05, 0) is 18.2 Å². The van der Waals surface area contributed by atoms with E-state index in [9.17, 15) is 22.4 Å².